The quantitative estimate of drug-likeness (QED) is 0.352. The summed E-state index contributed by atoms with van der Waals surface area (Å²) in [5.41, 5.74) is 0. The van der Waals surface area contributed by atoms with Gasteiger partial charge in [0.25, 0.3) is 8.53 Å². The van der Waals surface area contributed by atoms with E-state index in [1.165, 1.54) is 0 Å². The van der Waals surface area contributed by atoms with Crippen LogP contribution < -0.4 is 0 Å². The normalized spacial score (nSPS) is 12.8. The summed E-state index contributed by atoms with van der Waals surface area (Å²) in [6, 6.07) is 2.57. The van der Waals surface area contributed by atoms with Crippen LogP contribution in [-0.4, -0.2) is 47.9 Å². The first-order chi connectivity index (χ1) is 9.84. The summed E-state index contributed by atoms with van der Waals surface area (Å²) in [5, 5.41) is 8.63. The third-order valence-electron chi connectivity index (χ3n) is 2.75. The van der Waals surface area contributed by atoms with Gasteiger partial charge in [0, 0.05) is 25.6 Å². The van der Waals surface area contributed by atoms with Crippen LogP contribution in [0.2, 0.25) is 0 Å². The molecule has 122 valence electrons. The predicted octanol–water partition coefficient (Wildman–Crippen LogP) is 3.10. The Balaban J connectivity index is 4.72. The molecule has 21 heavy (non-hydrogen) atoms. The summed E-state index contributed by atoms with van der Waals surface area (Å²) < 4.78 is 13.7. The Kier molecular flexibility index (Phi) is 10.5. The number of hydrogen-bond acceptors (Lipinski definition) is 5. The molecular formula is C14H28N3O3P. The number of hydrogen-bond donors (Lipinski definition) is 0. The van der Waals surface area contributed by atoms with Crippen molar-refractivity contribution >= 4 is 14.4 Å². The van der Waals surface area contributed by atoms with Gasteiger partial charge in [0.15, 0.2) is 0 Å². The standard InChI is InChI=1S/C14H28N3O3P/c1-7-14(18)16(6)11-20-21(19-10-8-9-15)17(12(2)3)13(4)5/h12-13H,7-8,10-11H2,1-6H3. The fourth-order valence-electron chi connectivity index (χ4n) is 1.79. The lowest BCUT2D eigenvalue weighted by molar-refractivity contribution is -0.132. The number of carbonyl (C=O) groups is 1. The molecule has 0 heterocycles. The molecule has 0 aromatic rings. The fraction of sp³-hybridized carbons (Fsp3) is 0.857. The summed E-state index contributed by atoms with van der Waals surface area (Å²) in [6.07, 6.45) is 0.779. The fourth-order valence-corrected chi connectivity index (χ4v) is 3.41. The zero-order valence-corrected chi connectivity index (χ0v) is 14.9. The second kappa shape index (κ2) is 10.9. The smallest absolute Gasteiger partial charge is 0.261 e. The van der Waals surface area contributed by atoms with Gasteiger partial charge < -0.3 is 13.9 Å². The molecule has 0 aliphatic rings. The summed E-state index contributed by atoms with van der Waals surface area (Å²) in [7, 11) is 0.423. The predicted molar refractivity (Wildman–Crippen MR) is 84.2 cm³/mol. The van der Waals surface area contributed by atoms with Crippen molar-refractivity contribution in [2.75, 3.05) is 20.4 Å². The van der Waals surface area contributed by atoms with E-state index in [0.717, 1.165) is 0 Å². The maximum atomic E-state index is 11.6. The van der Waals surface area contributed by atoms with Crippen molar-refractivity contribution in [2.24, 2.45) is 0 Å². The largest absolute Gasteiger partial charge is 0.322 e. The summed E-state index contributed by atoms with van der Waals surface area (Å²) in [6.45, 7) is 10.7. The molecule has 7 heteroatoms. The molecule has 0 saturated carbocycles. The van der Waals surface area contributed by atoms with E-state index in [0.29, 0.717) is 19.4 Å². The minimum Gasteiger partial charge on any atom is -0.322 e. The van der Waals surface area contributed by atoms with E-state index >= 15 is 0 Å². The zero-order valence-electron chi connectivity index (χ0n) is 14.0. The second-order valence-electron chi connectivity index (χ2n) is 5.25. The van der Waals surface area contributed by atoms with Crippen LogP contribution >= 0.6 is 8.53 Å². The van der Waals surface area contributed by atoms with Gasteiger partial charge in [-0.1, -0.05) is 6.92 Å². The number of rotatable bonds is 10. The lowest BCUT2D eigenvalue weighted by Gasteiger charge is -2.36. The third-order valence-corrected chi connectivity index (χ3v) is 4.79. The maximum Gasteiger partial charge on any atom is 0.261 e. The molecular weight excluding hydrogens is 289 g/mol. The van der Waals surface area contributed by atoms with Crippen LogP contribution in [0, 0.1) is 11.3 Å². The Morgan fingerprint density at radius 1 is 1.24 bits per heavy atom. The van der Waals surface area contributed by atoms with Gasteiger partial charge in [-0.3, -0.25) is 4.79 Å². The van der Waals surface area contributed by atoms with Crippen LogP contribution in [0.15, 0.2) is 0 Å². The van der Waals surface area contributed by atoms with E-state index in [1.807, 2.05) is 6.92 Å². The van der Waals surface area contributed by atoms with Gasteiger partial charge in [-0.15, -0.1) is 0 Å². The van der Waals surface area contributed by atoms with Gasteiger partial charge in [0.2, 0.25) is 5.91 Å². The Hall–Kier alpha value is -0.730. The molecule has 0 rings (SSSR count). The molecule has 1 unspecified atom stereocenters. The first kappa shape index (κ1) is 20.3. The highest BCUT2D eigenvalue weighted by molar-refractivity contribution is 7.44. The van der Waals surface area contributed by atoms with Crippen LogP contribution in [0.1, 0.15) is 47.5 Å². The van der Waals surface area contributed by atoms with E-state index in [9.17, 15) is 4.79 Å². The van der Waals surface area contributed by atoms with E-state index in [1.54, 1.807) is 11.9 Å². The second-order valence-corrected chi connectivity index (χ2v) is 6.70. The van der Waals surface area contributed by atoms with Crippen molar-refractivity contribution in [3.05, 3.63) is 0 Å². The molecule has 0 N–H and O–H groups in total. The van der Waals surface area contributed by atoms with Crippen molar-refractivity contribution in [3.8, 4) is 6.07 Å². The lowest BCUT2D eigenvalue weighted by Crippen LogP contribution is -2.35. The van der Waals surface area contributed by atoms with Gasteiger partial charge in [0.05, 0.1) is 19.1 Å². The van der Waals surface area contributed by atoms with Gasteiger partial charge in [0.1, 0.15) is 6.73 Å². The highest BCUT2D eigenvalue weighted by atomic mass is 31.2. The molecule has 0 radical (unpaired) electrons. The zero-order chi connectivity index (χ0) is 16.4. The van der Waals surface area contributed by atoms with Crippen LogP contribution in [-0.2, 0) is 13.8 Å². The number of nitrogens with zero attached hydrogens (tertiary/aromatic N) is 3. The van der Waals surface area contributed by atoms with Gasteiger partial charge in [-0.05, 0) is 27.7 Å². The molecule has 6 nitrogen and oxygen atoms in total. The highest BCUT2D eigenvalue weighted by Crippen LogP contribution is 2.45. The summed E-state index contributed by atoms with van der Waals surface area (Å²) in [5.74, 6) is 0.0302. The number of amides is 1. The van der Waals surface area contributed by atoms with Crippen molar-refractivity contribution in [1.29, 1.82) is 5.26 Å². The van der Waals surface area contributed by atoms with Crippen molar-refractivity contribution in [2.45, 2.75) is 59.5 Å². The Bertz CT molecular complexity index is 337. The highest BCUT2D eigenvalue weighted by Gasteiger charge is 2.27. The Morgan fingerprint density at radius 2 is 1.81 bits per heavy atom. The van der Waals surface area contributed by atoms with Crippen LogP contribution in [0.4, 0.5) is 0 Å². The average Bonchev–Trinajstić information content (AvgIpc) is 2.42. The summed E-state index contributed by atoms with van der Waals surface area (Å²) >= 11 is 0. The van der Waals surface area contributed by atoms with Crippen molar-refractivity contribution in [1.82, 2.24) is 9.57 Å². The molecule has 0 spiro atoms. The van der Waals surface area contributed by atoms with E-state index in [2.05, 4.69) is 38.4 Å². The first-order valence-corrected chi connectivity index (χ1v) is 8.43. The van der Waals surface area contributed by atoms with Crippen LogP contribution in [0.3, 0.4) is 0 Å². The first-order valence-electron chi connectivity index (χ1n) is 7.30. The van der Waals surface area contributed by atoms with E-state index < -0.39 is 8.53 Å². The Labute approximate surface area is 130 Å². The van der Waals surface area contributed by atoms with Crippen molar-refractivity contribution < 1.29 is 13.8 Å². The molecule has 0 fully saturated rings. The molecule has 1 amide bonds. The number of carbonyl (C=O) groups excluding carboxylic acids is 1. The molecule has 0 saturated heterocycles. The van der Waals surface area contributed by atoms with Crippen LogP contribution in [0.5, 0.6) is 0 Å². The molecule has 0 bridgehead atoms. The van der Waals surface area contributed by atoms with Gasteiger partial charge in [-0.2, -0.15) is 5.26 Å². The van der Waals surface area contributed by atoms with Gasteiger partial charge >= 0.3 is 0 Å². The SMILES string of the molecule is CCC(=O)N(C)COP(OCCC#N)N(C(C)C)C(C)C. The molecule has 1 atom stereocenters. The minimum absolute atomic E-state index is 0.0302. The molecule has 0 aliphatic heterocycles. The third kappa shape index (κ3) is 7.73. The maximum absolute atomic E-state index is 11.6. The molecule has 0 aliphatic carbocycles. The Morgan fingerprint density at radius 3 is 2.24 bits per heavy atom. The minimum atomic E-state index is -1.29. The van der Waals surface area contributed by atoms with E-state index in [-0.39, 0.29) is 24.7 Å². The lowest BCUT2D eigenvalue weighted by atomic mass is 10.3. The summed E-state index contributed by atoms with van der Waals surface area (Å²) in [4.78, 5) is 13.1. The molecule has 0 aromatic carbocycles. The van der Waals surface area contributed by atoms with Crippen molar-refractivity contribution in [3.63, 3.8) is 0 Å². The van der Waals surface area contributed by atoms with E-state index in [4.69, 9.17) is 14.3 Å². The number of nitriles is 1. The van der Waals surface area contributed by atoms with Crippen LogP contribution in [0.25, 0.3) is 0 Å². The average molecular weight is 317 g/mol. The molecule has 0 aromatic heterocycles. The van der Waals surface area contributed by atoms with Gasteiger partial charge in [-0.25, -0.2) is 4.67 Å². The topological polar surface area (TPSA) is 65.8 Å². The monoisotopic (exact) mass is 317 g/mol.